The fourth-order valence-corrected chi connectivity index (χ4v) is 3.39. The third-order valence-electron chi connectivity index (χ3n) is 3.43. The second-order valence-electron chi connectivity index (χ2n) is 4.89. The normalized spacial score (nSPS) is 17.3. The van der Waals surface area contributed by atoms with Crippen molar-refractivity contribution in [3.05, 3.63) is 61.5 Å². The summed E-state index contributed by atoms with van der Waals surface area (Å²) in [4.78, 5) is 0. The Labute approximate surface area is 147 Å². The Kier molecular flexibility index (Phi) is 4.42. The van der Waals surface area contributed by atoms with Gasteiger partial charge in [0.05, 0.1) is 16.8 Å². The Morgan fingerprint density at radius 3 is 2.45 bits per heavy atom. The van der Waals surface area contributed by atoms with Crippen LogP contribution < -0.4 is 5.43 Å². The molecule has 0 saturated heterocycles. The standard InChI is InChI=1S/C15H10Cl4N2O/c16-7-1-2-9(11(18)4-7)13-6-14(21-20-13)10-3-8(17)5-12(19)15(10)22/h1-5,13,20,22H,6H2/t13-/m0/s1. The quantitative estimate of drug-likeness (QED) is 0.733. The molecule has 2 aromatic rings. The molecule has 1 aliphatic rings. The molecule has 0 spiro atoms. The van der Waals surface area contributed by atoms with Crippen LogP contribution in [-0.2, 0) is 0 Å². The van der Waals surface area contributed by atoms with E-state index in [0.29, 0.717) is 32.8 Å². The van der Waals surface area contributed by atoms with Crippen molar-refractivity contribution in [2.45, 2.75) is 12.5 Å². The average Bonchev–Trinajstić information content (AvgIpc) is 2.92. The number of halogens is 4. The first kappa shape index (κ1) is 15.8. The van der Waals surface area contributed by atoms with Gasteiger partial charge in [-0.3, -0.25) is 0 Å². The molecule has 3 rings (SSSR count). The van der Waals surface area contributed by atoms with Crippen LogP contribution in [0.15, 0.2) is 35.4 Å². The predicted molar refractivity (Wildman–Crippen MR) is 91.6 cm³/mol. The van der Waals surface area contributed by atoms with Crippen molar-refractivity contribution in [3.63, 3.8) is 0 Å². The molecule has 0 fully saturated rings. The summed E-state index contributed by atoms with van der Waals surface area (Å²) in [6.07, 6.45) is 0.547. The smallest absolute Gasteiger partial charge is 0.143 e. The van der Waals surface area contributed by atoms with Crippen LogP contribution in [0.3, 0.4) is 0 Å². The molecule has 22 heavy (non-hydrogen) atoms. The van der Waals surface area contributed by atoms with Gasteiger partial charge in [-0.05, 0) is 29.8 Å². The Morgan fingerprint density at radius 2 is 1.73 bits per heavy atom. The van der Waals surface area contributed by atoms with Gasteiger partial charge in [0.2, 0.25) is 0 Å². The van der Waals surface area contributed by atoms with Crippen LogP contribution in [0.5, 0.6) is 5.75 Å². The van der Waals surface area contributed by atoms with Gasteiger partial charge in [-0.25, -0.2) is 0 Å². The van der Waals surface area contributed by atoms with Gasteiger partial charge >= 0.3 is 0 Å². The Balaban J connectivity index is 1.89. The van der Waals surface area contributed by atoms with E-state index in [1.807, 2.05) is 6.07 Å². The molecule has 0 amide bonds. The summed E-state index contributed by atoms with van der Waals surface area (Å²) in [7, 11) is 0. The third kappa shape index (κ3) is 2.99. The molecular weight excluding hydrogens is 366 g/mol. The zero-order valence-corrected chi connectivity index (χ0v) is 14.1. The summed E-state index contributed by atoms with van der Waals surface area (Å²) in [5, 5.41) is 16.1. The van der Waals surface area contributed by atoms with Crippen molar-refractivity contribution in [2.75, 3.05) is 0 Å². The van der Waals surface area contributed by atoms with E-state index >= 15 is 0 Å². The number of hydrazone groups is 1. The van der Waals surface area contributed by atoms with Crippen molar-refractivity contribution >= 4 is 52.1 Å². The molecule has 2 N–H and O–H groups in total. The molecule has 1 heterocycles. The minimum absolute atomic E-state index is 0.0329. The highest BCUT2D eigenvalue weighted by atomic mass is 35.5. The Bertz CT molecular complexity index is 776. The van der Waals surface area contributed by atoms with Crippen molar-refractivity contribution in [2.24, 2.45) is 5.10 Å². The van der Waals surface area contributed by atoms with Gasteiger partial charge in [0.25, 0.3) is 0 Å². The molecule has 1 aliphatic heterocycles. The maximum absolute atomic E-state index is 10.1. The van der Waals surface area contributed by atoms with Crippen LogP contribution in [0.2, 0.25) is 20.1 Å². The van der Waals surface area contributed by atoms with Crippen LogP contribution >= 0.6 is 46.4 Å². The van der Waals surface area contributed by atoms with Gasteiger partial charge in [-0.15, -0.1) is 0 Å². The van der Waals surface area contributed by atoms with Crippen molar-refractivity contribution in [3.8, 4) is 5.75 Å². The summed E-state index contributed by atoms with van der Waals surface area (Å²) in [5.74, 6) is -0.0329. The van der Waals surface area contributed by atoms with Gasteiger partial charge in [0.1, 0.15) is 5.75 Å². The molecule has 0 unspecified atom stereocenters. The van der Waals surface area contributed by atoms with Crippen LogP contribution in [0.4, 0.5) is 0 Å². The second kappa shape index (κ2) is 6.17. The van der Waals surface area contributed by atoms with Gasteiger partial charge in [0, 0.05) is 27.1 Å². The van der Waals surface area contributed by atoms with E-state index in [1.54, 1.807) is 18.2 Å². The average molecular weight is 376 g/mol. The summed E-state index contributed by atoms with van der Waals surface area (Å²) in [6.45, 7) is 0. The minimum atomic E-state index is -0.100. The lowest BCUT2D eigenvalue weighted by atomic mass is 9.98. The summed E-state index contributed by atoms with van der Waals surface area (Å²) >= 11 is 24.1. The number of benzene rings is 2. The molecule has 7 heteroatoms. The zero-order chi connectivity index (χ0) is 15.9. The largest absolute Gasteiger partial charge is 0.506 e. The maximum atomic E-state index is 10.1. The van der Waals surface area contributed by atoms with Gasteiger partial charge in [-0.1, -0.05) is 52.5 Å². The zero-order valence-electron chi connectivity index (χ0n) is 11.1. The second-order valence-corrected chi connectivity index (χ2v) is 6.58. The molecule has 1 atom stereocenters. The lowest BCUT2D eigenvalue weighted by Gasteiger charge is -2.12. The first-order valence-electron chi connectivity index (χ1n) is 6.41. The monoisotopic (exact) mass is 374 g/mol. The van der Waals surface area contributed by atoms with Gasteiger partial charge < -0.3 is 10.5 Å². The first-order chi connectivity index (χ1) is 10.5. The number of hydrogen-bond donors (Lipinski definition) is 2. The van der Waals surface area contributed by atoms with E-state index in [4.69, 9.17) is 46.4 Å². The fourth-order valence-electron chi connectivity index (χ4n) is 2.36. The Hall–Kier alpha value is -1.13. The molecule has 0 saturated carbocycles. The van der Waals surface area contributed by atoms with E-state index in [1.165, 1.54) is 6.07 Å². The van der Waals surface area contributed by atoms with E-state index in [0.717, 1.165) is 5.56 Å². The van der Waals surface area contributed by atoms with Gasteiger partial charge in [-0.2, -0.15) is 5.10 Å². The van der Waals surface area contributed by atoms with Gasteiger partial charge in [0.15, 0.2) is 0 Å². The molecule has 0 aliphatic carbocycles. The van der Waals surface area contributed by atoms with Crippen LogP contribution in [0, 0.1) is 0 Å². The number of nitrogens with one attached hydrogen (secondary N) is 1. The van der Waals surface area contributed by atoms with Crippen LogP contribution in [0.1, 0.15) is 23.6 Å². The number of rotatable bonds is 2. The van der Waals surface area contributed by atoms with Crippen molar-refractivity contribution in [1.29, 1.82) is 0 Å². The number of aromatic hydroxyl groups is 1. The lowest BCUT2D eigenvalue weighted by Crippen LogP contribution is -2.10. The topological polar surface area (TPSA) is 44.6 Å². The molecular formula is C15H10Cl4N2O. The number of hydrogen-bond acceptors (Lipinski definition) is 3. The van der Waals surface area contributed by atoms with Crippen LogP contribution in [-0.4, -0.2) is 10.8 Å². The molecule has 2 aromatic carbocycles. The minimum Gasteiger partial charge on any atom is -0.506 e. The fraction of sp³-hybridized carbons (Fsp3) is 0.133. The SMILES string of the molecule is Oc1c(Cl)cc(Cl)cc1C1=NN[C@H](c2ccc(Cl)cc2Cl)C1. The number of nitrogens with zero attached hydrogens (tertiary/aromatic N) is 1. The van der Waals surface area contributed by atoms with E-state index in [2.05, 4.69) is 10.5 Å². The van der Waals surface area contributed by atoms with Crippen molar-refractivity contribution < 1.29 is 5.11 Å². The van der Waals surface area contributed by atoms with E-state index in [-0.39, 0.29) is 16.8 Å². The molecule has 0 radical (unpaired) electrons. The summed E-state index contributed by atoms with van der Waals surface area (Å²) in [5.41, 5.74) is 5.07. The maximum Gasteiger partial charge on any atom is 0.143 e. The highest BCUT2D eigenvalue weighted by molar-refractivity contribution is 6.36. The molecule has 114 valence electrons. The Morgan fingerprint density at radius 1 is 1.00 bits per heavy atom. The summed E-state index contributed by atoms with van der Waals surface area (Å²) < 4.78 is 0. The van der Waals surface area contributed by atoms with E-state index < -0.39 is 0 Å². The highest BCUT2D eigenvalue weighted by Gasteiger charge is 2.25. The molecule has 0 bridgehead atoms. The number of phenols is 1. The third-order valence-corrected chi connectivity index (χ3v) is 4.50. The lowest BCUT2D eigenvalue weighted by molar-refractivity contribution is 0.474. The predicted octanol–water partition coefficient (Wildman–Crippen LogP) is 5.44. The first-order valence-corrected chi connectivity index (χ1v) is 7.92. The number of phenolic OH excluding ortho intramolecular Hbond substituents is 1. The van der Waals surface area contributed by atoms with Crippen molar-refractivity contribution in [1.82, 2.24) is 5.43 Å². The highest BCUT2D eigenvalue weighted by Crippen LogP contribution is 2.36. The molecule has 0 aromatic heterocycles. The van der Waals surface area contributed by atoms with E-state index in [9.17, 15) is 5.11 Å². The van der Waals surface area contributed by atoms with Crippen LogP contribution in [0.25, 0.3) is 0 Å². The molecule has 3 nitrogen and oxygen atoms in total. The summed E-state index contributed by atoms with van der Waals surface area (Å²) in [6, 6.07) is 8.33.